The Bertz CT molecular complexity index is 3160. The molecule has 8 bridgehead atoms. The molecule has 4 aromatic carbocycles. The van der Waals surface area contributed by atoms with Gasteiger partial charge in [-0.2, -0.15) is 0 Å². The van der Waals surface area contributed by atoms with E-state index in [1.54, 1.807) is 22.3 Å². The fraction of sp³-hybridized carbons (Fsp3) is 0.521. The Morgan fingerprint density at radius 3 is 1.05 bits per heavy atom. The first-order valence-electron chi connectivity index (χ1n) is 29.4. The third-order valence-electron chi connectivity index (χ3n) is 25.3. The molecule has 3 heteroatoms. The van der Waals surface area contributed by atoms with Gasteiger partial charge in [0.15, 0.2) is 0 Å². The number of benzene rings is 4. The molecule has 11 aliphatic rings. The maximum atomic E-state index is 7.61. The van der Waals surface area contributed by atoms with E-state index in [-0.39, 0.29) is 32.5 Å². The number of fused-ring (bicyclic) bond motifs is 4. The quantitative estimate of drug-likeness (QED) is 0.176. The molecule has 4 saturated carbocycles. The molecule has 4 atom stereocenters. The number of aromatic nitrogens is 2. The maximum absolute atomic E-state index is 7.61. The summed E-state index contributed by atoms with van der Waals surface area (Å²) in [5, 5.41) is 0. The third kappa shape index (κ3) is 5.76. The van der Waals surface area contributed by atoms with Gasteiger partial charge in [0.25, 0.3) is 0 Å². The zero-order valence-electron chi connectivity index (χ0n) is 46.7. The van der Waals surface area contributed by atoms with E-state index in [0.717, 1.165) is 69.1 Å². The summed E-state index contributed by atoms with van der Waals surface area (Å²) in [4.78, 5) is 12.2. The molecule has 3 heterocycles. The molecule has 10 aliphatic carbocycles. The Hall–Kier alpha value is -5.02. The molecule has 74 heavy (non-hydrogen) atoms. The highest BCUT2D eigenvalue weighted by atomic mass is 16.5. The number of pyridine rings is 2. The molecule has 3 nitrogen and oxygen atoms in total. The summed E-state index contributed by atoms with van der Waals surface area (Å²) < 4.78 is 7.61. The summed E-state index contributed by atoms with van der Waals surface area (Å²) in [6.07, 6.45) is 13.8. The molecular formula is C71H80N2O. The lowest BCUT2D eigenvalue weighted by Crippen LogP contribution is -2.42. The molecule has 380 valence electrons. The van der Waals surface area contributed by atoms with Crippen molar-refractivity contribution >= 4 is 0 Å². The maximum Gasteiger partial charge on any atom is 0.132 e. The predicted molar refractivity (Wildman–Crippen MR) is 302 cm³/mol. The van der Waals surface area contributed by atoms with Crippen LogP contribution in [0.2, 0.25) is 0 Å². The molecule has 0 radical (unpaired) electrons. The zero-order chi connectivity index (χ0) is 51.0. The van der Waals surface area contributed by atoms with E-state index in [9.17, 15) is 0 Å². The predicted octanol–water partition coefficient (Wildman–Crippen LogP) is 18.3. The minimum atomic E-state index is -0.925. The van der Waals surface area contributed by atoms with Crippen LogP contribution in [0, 0.1) is 34.5 Å². The number of ether oxygens (including phenoxy) is 1. The average Bonchev–Trinajstić information content (AvgIpc) is 3.55. The van der Waals surface area contributed by atoms with Crippen LogP contribution < -0.4 is 4.74 Å². The normalized spacial score (nSPS) is 31.0. The van der Waals surface area contributed by atoms with Gasteiger partial charge in [-0.05, 0) is 249 Å². The number of rotatable bonds is 4. The Balaban J connectivity index is 1.01. The van der Waals surface area contributed by atoms with Gasteiger partial charge in [0.1, 0.15) is 16.9 Å². The highest BCUT2D eigenvalue weighted by molar-refractivity contribution is 5.75. The van der Waals surface area contributed by atoms with Crippen molar-refractivity contribution in [2.45, 2.75) is 198 Å². The van der Waals surface area contributed by atoms with Crippen molar-refractivity contribution in [1.82, 2.24) is 9.97 Å². The Kier molecular flexibility index (Phi) is 9.20. The van der Waals surface area contributed by atoms with Crippen molar-refractivity contribution in [3.63, 3.8) is 0 Å². The molecule has 6 aromatic rings. The van der Waals surface area contributed by atoms with Crippen LogP contribution >= 0.6 is 0 Å². The van der Waals surface area contributed by atoms with Crippen LogP contribution in [0.1, 0.15) is 238 Å². The average molecular weight is 977 g/mol. The van der Waals surface area contributed by atoms with Gasteiger partial charge in [0.2, 0.25) is 0 Å². The molecule has 0 spiro atoms. The van der Waals surface area contributed by atoms with Crippen molar-refractivity contribution in [3.05, 3.63) is 164 Å². The smallest absolute Gasteiger partial charge is 0.132 e. The van der Waals surface area contributed by atoms with E-state index in [2.05, 4.69) is 180 Å². The summed E-state index contributed by atoms with van der Waals surface area (Å²) in [5.41, 5.74) is 19.5. The molecule has 0 N–H and O–H groups in total. The SMILES string of the molecule is CC1(C)c2cc3c(cc2C(C)(C)C1(C)C)C(c1cccc(-c2ccc4c(c2)C2CC5CC(CC4C5)C2)n1)(c1cccc(-c2ccc4c(c2)C2CC5CC(CC4C5)C2)n1)c1cc2c(cc1O3)C(C)(C)C(C)(C)C2(C)C. The number of hydrogen-bond acceptors (Lipinski definition) is 3. The third-order valence-corrected chi connectivity index (χ3v) is 25.3. The number of nitrogens with zero attached hydrogens (tertiary/aromatic N) is 2. The Labute approximate surface area is 443 Å². The van der Waals surface area contributed by atoms with Crippen LogP contribution in [0.25, 0.3) is 22.5 Å². The molecular weight excluding hydrogens is 897 g/mol. The van der Waals surface area contributed by atoms with Gasteiger partial charge in [0.05, 0.1) is 22.8 Å². The van der Waals surface area contributed by atoms with Crippen LogP contribution in [-0.2, 0) is 27.1 Å². The lowest BCUT2D eigenvalue weighted by Gasteiger charge is -2.44. The Morgan fingerprint density at radius 1 is 0.351 bits per heavy atom. The van der Waals surface area contributed by atoms with Crippen molar-refractivity contribution in [3.8, 4) is 34.0 Å². The monoisotopic (exact) mass is 977 g/mol. The molecule has 0 saturated heterocycles. The van der Waals surface area contributed by atoms with E-state index >= 15 is 0 Å². The Morgan fingerprint density at radius 2 is 0.689 bits per heavy atom. The van der Waals surface area contributed by atoms with Gasteiger partial charge in [0, 0.05) is 22.3 Å². The minimum Gasteiger partial charge on any atom is -0.457 e. The van der Waals surface area contributed by atoms with E-state index in [4.69, 9.17) is 14.7 Å². The second-order valence-electron chi connectivity index (χ2n) is 29.5. The molecule has 0 amide bonds. The van der Waals surface area contributed by atoms with Crippen LogP contribution in [0.5, 0.6) is 11.5 Å². The van der Waals surface area contributed by atoms with Crippen LogP contribution in [0.15, 0.2) is 97.1 Å². The van der Waals surface area contributed by atoms with Gasteiger partial charge in [-0.3, -0.25) is 9.97 Å². The van der Waals surface area contributed by atoms with Crippen molar-refractivity contribution in [1.29, 1.82) is 0 Å². The molecule has 17 rings (SSSR count). The summed E-state index contributed by atoms with van der Waals surface area (Å²) in [7, 11) is 0. The van der Waals surface area contributed by atoms with Gasteiger partial charge < -0.3 is 4.74 Å². The fourth-order valence-corrected chi connectivity index (χ4v) is 19.1. The first-order chi connectivity index (χ1) is 35.1. The summed E-state index contributed by atoms with van der Waals surface area (Å²) >= 11 is 0. The first-order valence-corrected chi connectivity index (χ1v) is 29.4. The summed E-state index contributed by atoms with van der Waals surface area (Å²) in [6.45, 7) is 29.7. The number of hydrogen-bond donors (Lipinski definition) is 0. The van der Waals surface area contributed by atoms with E-state index in [1.807, 2.05) is 0 Å². The molecule has 4 unspecified atom stereocenters. The largest absolute Gasteiger partial charge is 0.457 e. The second-order valence-corrected chi connectivity index (χ2v) is 29.5. The van der Waals surface area contributed by atoms with Gasteiger partial charge in [-0.15, -0.1) is 0 Å². The van der Waals surface area contributed by atoms with Crippen LogP contribution in [0.4, 0.5) is 0 Å². The molecule has 2 aromatic heterocycles. The lowest BCUT2D eigenvalue weighted by atomic mass is 9.59. The summed E-state index contributed by atoms with van der Waals surface area (Å²) in [5.74, 6) is 8.12. The van der Waals surface area contributed by atoms with Gasteiger partial charge in [-0.25, -0.2) is 0 Å². The second kappa shape index (κ2) is 14.7. The summed E-state index contributed by atoms with van der Waals surface area (Å²) in [6, 6.07) is 39.0. The first kappa shape index (κ1) is 46.3. The standard InChI is InChI=1S/C71H80N2O/c1-65(2)53-35-57-61(37-55(53)67(5,6)69(65,9)10)74-62-38-56-54(66(3,4)70(11,12)68(56,7)8)36-58(62)71(57,63-17-13-15-59(72-63)43-19-21-49-45-25-39-23-40(26-45)30-47(29-39)51(49)33-43)64-18-14-16-60(73-64)44-20-22-50-46-27-41-24-42(28-46)32-48(31-41)52(50)34-44/h13-22,33-42,45-48H,23-32H2,1-12H3. The van der Waals surface area contributed by atoms with E-state index in [0.29, 0.717) is 23.7 Å². The topological polar surface area (TPSA) is 35.0 Å². The van der Waals surface area contributed by atoms with Crippen molar-refractivity contribution < 1.29 is 4.74 Å². The van der Waals surface area contributed by atoms with Crippen molar-refractivity contribution in [2.24, 2.45) is 34.5 Å². The lowest BCUT2D eigenvalue weighted by molar-refractivity contribution is 0.125. The highest BCUT2D eigenvalue weighted by Crippen LogP contribution is 2.68. The fourth-order valence-electron chi connectivity index (χ4n) is 19.1. The van der Waals surface area contributed by atoms with Crippen LogP contribution in [0.3, 0.4) is 0 Å². The zero-order valence-corrected chi connectivity index (χ0v) is 46.7. The minimum absolute atomic E-state index is 0.0345. The molecule has 1 aliphatic heterocycles. The highest BCUT2D eigenvalue weighted by Gasteiger charge is 2.61. The van der Waals surface area contributed by atoms with Crippen LogP contribution in [-0.4, -0.2) is 9.97 Å². The van der Waals surface area contributed by atoms with E-state index < -0.39 is 5.41 Å². The van der Waals surface area contributed by atoms with Gasteiger partial charge in [-0.1, -0.05) is 119 Å². The van der Waals surface area contributed by atoms with Gasteiger partial charge >= 0.3 is 0 Å². The van der Waals surface area contributed by atoms with Crippen molar-refractivity contribution in [2.75, 3.05) is 0 Å². The van der Waals surface area contributed by atoms with E-state index in [1.165, 1.54) is 97.6 Å². The molecule has 4 fully saturated rings.